The third-order valence-electron chi connectivity index (χ3n) is 21.2. The lowest BCUT2D eigenvalue weighted by Crippen LogP contribution is -2.38. The number of unbranched alkanes of at least 4 members (excludes halogenated alkanes) is 8. The summed E-state index contributed by atoms with van der Waals surface area (Å²) in [5, 5.41) is 0. The SMILES string of the molecule is CCCCCCc1ccc(C2(c3ccc(CCCCCC)cc3)c3cc(C)ccc3N(c3ccc(CCCC)cc3)c3cc4c(cc32)-c2cc3c(cc2C4(C)C)N(c2ccc(CCCC)cc2)c2ccc(C)cc2C3(c2ccc(C)cc2)c2ccc(C)cc2)cc1. The average Bonchev–Trinajstić information content (AvgIpc) is 1.67. The highest BCUT2D eigenvalue weighted by Gasteiger charge is 2.52. The van der Waals surface area contributed by atoms with E-state index in [2.05, 4.69) is 285 Å². The van der Waals surface area contributed by atoms with Crippen LogP contribution >= 0.6 is 0 Å². The molecular formula is C89H96N2. The molecule has 0 saturated heterocycles. The Morgan fingerprint density at radius 1 is 0.264 bits per heavy atom. The van der Waals surface area contributed by atoms with Crippen molar-refractivity contribution in [2.24, 2.45) is 0 Å². The van der Waals surface area contributed by atoms with E-state index in [1.165, 1.54) is 222 Å². The Labute approximate surface area is 546 Å². The van der Waals surface area contributed by atoms with Gasteiger partial charge in [0.1, 0.15) is 0 Å². The zero-order valence-corrected chi connectivity index (χ0v) is 56.3. The van der Waals surface area contributed by atoms with Gasteiger partial charge in [-0.2, -0.15) is 0 Å². The van der Waals surface area contributed by atoms with Gasteiger partial charge >= 0.3 is 0 Å². The molecule has 2 heterocycles. The highest BCUT2D eigenvalue weighted by Crippen LogP contribution is 2.65. The Bertz CT molecular complexity index is 4100. The number of aryl methyl sites for hydroxylation is 8. The lowest BCUT2D eigenvalue weighted by atomic mass is 9.61. The molecule has 91 heavy (non-hydrogen) atoms. The Hall–Kier alpha value is -8.20. The predicted octanol–water partition coefficient (Wildman–Crippen LogP) is 24.5. The highest BCUT2D eigenvalue weighted by atomic mass is 15.2. The number of benzene rings is 10. The maximum absolute atomic E-state index is 2.71. The van der Waals surface area contributed by atoms with Gasteiger partial charge in [0.15, 0.2) is 0 Å². The number of hydrogen-bond acceptors (Lipinski definition) is 2. The van der Waals surface area contributed by atoms with E-state index in [1.807, 2.05) is 0 Å². The van der Waals surface area contributed by atoms with Gasteiger partial charge in [0.05, 0.1) is 33.6 Å². The summed E-state index contributed by atoms with van der Waals surface area (Å²) in [5.74, 6) is 0. The molecular weight excluding hydrogens is 1100 g/mol. The van der Waals surface area contributed by atoms with Gasteiger partial charge in [0, 0.05) is 16.8 Å². The van der Waals surface area contributed by atoms with Crippen LogP contribution in [0.3, 0.4) is 0 Å². The largest absolute Gasteiger partial charge is 0.310 e. The fourth-order valence-corrected chi connectivity index (χ4v) is 16.1. The van der Waals surface area contributed by atoms with E-state index < -0.39 is 10.8 Å². The highest BCUT2D eigenvalue weighted by molar-refractivity contribution is 5.98. The lowest BCUT2D eigenvalue weighted by molar-refractivity contribution is 0.655. The minimum Gasteiger partial charge on any atom is -0.310 e. The van der Waals surface area contributed by atoms with E-state index >= 15 is 0 Å². The summed E-state index contributed by atoms with van der Waals surface area (Å²) in [6.07, 6.45) is 19.1. The van der Waals surface area contributed by atoms with Crippen molar-refractivity contribution in [3.8, 4) is 11.1 Å². The van der Waals surface area contributed by atoms with E-state index in [-0.39, 0.29) is 5.41 Å². The molecule has 0 atom stereocenters. The second-order valence-electron chi connectivity index (χ2n) is 28.0. The first-order chi connectivity index (χ1) is 44.3. The van der Waals surface area contributed by atoms with Crippen molar-refractivity contribution < 1.29 is 0 Å². The van der Waals surface area contributed by atoms with Crippen molar-refractivity contribution in [3.63, 3.8) is 0 Å². The fourth-order valence-electron chi connectivity index (χ4n) is 16.1. The van der Waals surface area contributed by atoms with E-state index in [0.717, 1.165) is 25.7 Å². The zero-order valence-electron chi connectivity index (χ0n) is 56.3. The lowest BCUT2D eigenvalue weighted by Gasteiger charge is -2.47. The molecule has 0 amide bonds. The minimum absolute atomic E-state index is 0.390. The predicted molar refractivity (Wildman–Crippen MR) is 389 cm³/mol. The first kappa shape index (κ1) is 61.6. The van der Waals surface area contributed by atoms with Crippen LogP contribution < -0.4 is 9.80 Å². The van der Waals surface area contributed by atoms with Gasteiger partial charge in [0.25, 0.3) is 0 Å². The maximum Gasteiger partial charge on any atom is 0.0742 e. The topological polar surface area (TPSA) is 6.48 Å². The van der Waals surface area contributed by atoms with Gasteiger partial charge in [0.2, 0.25) is 0 Å². The number of fused-ring (bicyclic) bond motifs is 7. The molecule has 462 valence electrons. The monoisotopic (exact) mass is 1190 g/mol. The smallest absolute Gasteiger partial charge is 0.0742 e. The second kappa shape index (κ2) is 25.8. The molecule has 0 aromatic heterocycles. The van der Waals surface area contributed by atoms with Gasteiger partial charge in [-0.3, -0.25) is 0 Å². The summed E-state index contributed by atoms with van der Waals surface area (Å²) in [4.78, 5) is 5.26. The van der Waals surface area contributed by atoms with Crippen LogP contribution in [0.4, 0.5) is 34.1 Å². The summed E-state index contributed by atoms with van der Waals surface area (Å²) in [5.41, 5.74) is 32.0. The molecule has 0 bridgehead atoms. The molecule has 10 aromatic rings. The van der Waals surface area contributed by atoms with Crippen LogP contribution in [0, 0.1) is 27.7 Å². The third-order valence-corrected chi connectivity index (χ3v) is 21.2. The Morgan fingerprint density at radius 2 is 0.560 bits per heavy atom. The van der Waals surface area contributed by atoms with Crippen molar-refractivity contribution in [1.82, 2.24) is 0 Å². The van der Waals surface area contributed by atoms with Crippen molar-refractivity contribution in [2.45, 2.75) is 188 Å². The zero-order chi connectivity index (χ0) is 63.0. The minimum atomic E-state index is -0.685. The summed E-state index contributed by atoms with van der Waals surface area (Å²) < 4.78 is 0. The molecule has 13 rings (SSSR count). The molecule has 10 aromatic carbocycles. The van der Waals surface area contributed by atoms with Crippen LogP contribution in [0.1, 0.15) is 219 Å². The van der Waals surface area contributed by atoms with E-state index in [0.29, 0.717) is 0 Å². The van der Waals surface area contributed by atoms with Crippen LogP contribution in [0.15, 0.2) is 206 Å². The molecule has 3 aliphatic rings. The first-order valence-corrected chi connectivity index (χ1v) is 35.0. The summed E-state index contributed by atoms with van der Waals surface area (Å²) in [6.45, 7) is 23.3. The number of rotatable bonds is 22. The molecule has 0 unspecified atom stereocenters. The van der Waals surface area contributed by atoms with Crippen LogP contribution in [0.25, 0.3) is 11.1 Å². The molecule has 2 nitrogen and oxygen atoms in total. The number of nitrogens with zero attached hydrogens (tertiary/aromatic N) is 2. The molecule has 2 heteroatoms. The average molecular weight is 1190 g/mol. The van der Waals surface area contributed by atoms with E-state index in [1.54, 1.807) is 0 Å². The summed E-state index contributed by atoms with van der Waals surface area (Å²) >= 11 is 0. The molecule has 0 N–H and O–H groups in total. The van der Waals surface area contributed by atoms with Crippen LogP contribution in [0.5, 0.6) is 0 Å². The third kappa shape index (κ3) is 11.0. The Kier molecular flexibility index (Phi) is 17.5. The number of anilines is 6. The first-order valence-electron chi connectivity index (χ1n) is 35.0. The standard InChI is InChI=1S/C89H96N2/c1-11-15-19-21-25-67-33-45-71(46-34-67)89(72-47-35-68(36-48-72)26-22-20-16-12-2)80-56-64(8)32-54-84(80)91(74-51-39-66(40-52-74)24-18-14-4)86-60-78-76(58-82(86)89)75-57-81-85(59-77(75)87(78,9)10)90(73-49-37-65(38-50-73)23-17-13-3)83-53-31-63(7)55-79(83)88(81,69-41-27-61(5)28-42-69)70-43-29-62(6)30-44-70/h27-60H,11-26H2,1-10H3. The molecule has 0 fully saturated rings. The van der Waals surface area contributed by atoms with Crippen LogP contribution in [0.2, 0.25) is 0 Å². The van der Waals surface area contributed by atoms with Crippen molar-refractivity contribution >= 4 is 34.1 Å². The van der Waals surface area contributed by atoms with Gasteiger partial charge < -0.3 is 9.80 Å². The maximum atomic E-state index is 2.71. The second-order valence-corrected chi connectivity index (χ2v) is 28.0. The Morgan fingerprint density at radius 3 is 0.901 bits per heavy atom. The Balaban J connectivity index is 1.13. The molecule has 0 saturated carbocycles. The fraction of sp³-hybridized carbons (Fsp3) is 0.326. The summed E-state index contributed by atoms with van der Waals surface area (Å²) in [7, 11) is 0. The van der Waals surface area contributed by atoms with Crippen molar-refractivity contribution in [2.75, 3.05) is 9.80 Å². The molecule has 2 aliphatic heterocycles. The van der Waals surface area contributed by atoms with Crippen LogP contribution in [-0.2, 0) is 41.9 Å². The van der Waals surface area contributed by atoms with Crippen molar-refractivity contribution in [3.05, 3.63) is 306 Å². The van der Waals surface area contributed by atoms with Crippen LogP contribution in [-0.4, -0.2) is 0 Å². The van der Waals surface area contributed by atoms with Gasteiger partial charge in [-0.15, -0.1) is 0 Å². The molecule has 0 radical (unpaired) electrons. The molecule has 1 aliphatic carbocycles. The summed E-state index contributed by atoms with van der Waals surface area (Å²) in [6, 6.07) is 83.5. The van der Waals surface area contributed by atoms with E-state index in [9.17, 15) is 0 Å². The van der Waals surface area contributed by atoms with E-state index in [4.69, 9.17) is 0 Å². The quantitative estimate of drug-likeness (QED) is 0.0624. The normalized spacial score (nSPS) is 14.5. The van der Waals surface area contributed by atoms with Crippen molar-refractivity contribution in [1.29, 1.82) is 0 Å². The van der Waals surface area contributed by atoms with Gasteiger partial charge in [-0.25, -0.2) is 0 Å². The molecule has 0 spiro atoms. The number of hydrogen-bond donors (Lipinski definition) is 0. The van der Waals surface area contributed by atoms with Gasteiger partial charge in [-0.1, -0.05) is 261 Å². The van der Waals surface area contributed by atoms with Gasteiger partial charge in [-0.05, 0) is 229 Å².